The van der Waals surface area contributed by atoms with E-state index in [2.05, 4.69) is 9.97 Å². The highest BCUT2D eigenvalue weighted by Gasteiger charge is 2.00. The summed E-state index contributed by atoms with van der Waals surface area (Å²) in [5, 5.41) is 11.6. The Balaban J connectivity index is 2.29. The molecular weight excluding hydrogens is 190 g/mol. The molecule has 0 saturated heterocycles. The molecule has 74 valence electrons. The maximum atomic E-state index is 11.6. The molecule has 15 heavy (non-hydrogen) atoms. The van der Waals surface area contributed by atoms with Crippen molar-refractivity contribution in [3.8, 4) is 0 Å². The van der Waals surface area contributed by atoms with Crippen molar-refractivity contribution in [1.29, 1.82) is 0 Å². The van der Waals surface area contributed by atoms with Gasteiger partial charge in [-0.25, -0.2) is 9.97 Å². The first kappa shape index (κ1) is 9.33. The van der Waals surface area contributed by atoms with Crippen molar-refractivity contribution in [3.63, 3.8) is 0 Å². The molecule has 0 amide bonds. The molecule has 2 rings (SSSR count). The summed E-state index contributed by atoms with van der Waals surface area (Å²) >= 11 is 0. The Labute approximate surface area is 87.1 Å². The van der Waals surface area contributed by atoms with Gasteiger partial charge in [0.25, 0.3) is 0 Å². The molecule has 0 N–H and O–H groups in total. The second-order valence-electron chi connectivity index (χ2n) is 2.90. The van der Waals surface area contributed by atoms with Crippen LogP contribution in [0.25, 0.3) is 0 Å². The summed E-state index contributed by atoms with van der Waals surface area (Å²) in [6.45, 7) is 0. The summed E-state index contributed by atoms with van der Waals surface area (Å²) in [5.41, 5.74) is 0.560. The summed E-state index contributed by atoms with van der Waals surface area (Å²) in [6, 6.07) is 10.6. The number of aromatic nitrogens is 2. The standard InChI is InChI=1S/C11H9N3O/c15-14(10-5-2-1-3-6-10)9-11-12-7-4-8-13-11/h1-9H. The van der Waals surface area contributed by atoms with E-state index in [0.29, 0.717) is 11.5 Å². The third-order valence-electron chi connectivity index (χ3n) is 1.83. The zero-order valence-electron chi connectivity index (χ0n) is 7.95. The number of hydrogen-bond donors (Lipinski definition) is 0. The summed E-state index contributed by atoms with van der Waals surface area (Å²) in [6.07, 6.45) is 4.53. The molecule has 0 aliphatic carbocycles. The van der Waals surface area contributed by atoms with Crippen LogP contribution in [0, 0.1) is 5.21 Å². The van der Waals surface area contributed by atoms with E-state index in [1.807, 2.05) is 6.07 Å². The Bertz CT molecular complexity index is 454. The van der Waals surface area contributed by atoms with Gasteiger partial charge < -0.3 is 5.21 Å². The van der Waals surface area contributed by atoms with E-state index in [0.717, 1.165) is 4.74 Å². The summed E-state index contributed by atoms with van der Waals surface area (Å²) in [7, 11) is 0. The van der Waals surface area contributed by atoms with E-state index in [9.17, 15) is 5.21 Å². The molecule has 1 aromatic carbocycles. The molecule has 0 unspecified atom stereocenters. The van der Waals surface area contributed by atoms with Crippen LogP contribution in [-0.2, 0) is 0 Å². The molecule has 0 aliphatic rings. The van der Waals surface area contributed by atoms with Gasteiger partial charge in [-0.1, -0.05) is 18.2 Å². The summed E-state index contributed by atoms with van der Waals surface area (Å²) in [5.74, 6) is 0.399. The lowest BCUT2D eigenvalue weighted by Gasteiger charge is -2.00. The molecule has 2 aromatic rings. The number of rotatable bonds is 2. The van der Waals surface area contributed by atoms with Gasteiger partial charge in [0.2, 0.25) is 17.7 Å². The Morgan fingerprint density at radius 3 is 2.33 bits per heavy atom. The van der Waals surface area contributed by atoms with Gasteiger partial charge in [0, 0.05) is 24.5 Å². The van der Waals surface area contributed by atoms with Gasteiger partial charge >= 0.3 is 0 Å². The first-order valence-corrected chi connectivity index (χ1v) is 4.49. The maximum Gasteiger partial charge on any atom is 0.225 e. The van der Waals surface area contributed by atoms with Crippen molar-refractivity contribution in [2.24, 2.45) is 0 Å². The first-order valence-electron chi connectivity index (χ1n) is 4.49. The third kappa shape index (κ3) is 2.37. The van der Waals surface area contributed by atoms with Crippen LogP contribution in [-0.4, -0.2) is 20.9 Å². The van der Waals surface area contributed by atoms with E-state index in [1.165, 1.54) is 6.21 Å². The molecule has 0 spiro atoms. The molecular formula is C11H9N3O. The van der Waals surface area contributed by atoms with Crippen LogP contribution in [0.2, 0.25) is 0 Å². The van der Waals surface area contributed by atoms with Crippen LogP contribution in [0.15, 0.2) is 48.8 Å². The zero-order valence-corrected chi connectivity index (χ0v) is 7.95. The molecule has 0 atom stereocenters. The minimum atomic E-state index is 0.399. The summed E-state index contributed by atoms with van der Waals surface area (Å²) in [4.78, 5) is 7.87. The smallest absolute Gasteiger partial charge is 0.225 e. The third-order valence-corrected chi connectivity index (χ3v) is 1.83. The highest BCUT2D eigenvalue weighted by atomic mass is 16.5. The van der Waals surface area contributed by atoms with Crippen molar-refractivity contribution >= 4 is 11.9 Å². The molecule has 0 fully saturated rings. The van der Waals surface area contributed by atoms with Gasteiger partial charge in [-0.2, -0.15) is 4.74 Å². The highest BCUT2D eigenvalue weighted by molar-refractivity contribution is 5.70. The minimum absolute atomic E-state index is 0.399. The van der Waals surface area contributed by atoms with Gasteiger partial charge in [-0.15, -0.1) is 0 Å². The van der Waals surface area contributed by atoms with Crippen LogP contribution < -0.4 is 0 Å². The van der Waals surface area contributed by atoms with Gasteiger partial charge in [0.1, 0.15) is 0 Å². The fourth-order valence-electron chi connectivity index (χ4n) is 1.13. The predicted octanol–water partition coefficient (Wildman–Crippen LogP) is 1.74. The van der Waals surface area contributed by atoms with Crippen LogP contribution in [0.1, 0.15) is 5.82 Å². The topological polar surface area (TPSA) is 51.9 Å². The fourth-order valence-corrected chi connectivity index (χ4v) is 1.13. The van der Waals surface area contributed by atoms with E-state index in [4.69, 9.17) is 0 Å². The molecule has 1 aromatic heterocycles. The van der Waals surface area contributed by atoms with Crippen LogP contribution in [0.4, 0.5) is 5.69 Å². The van der Waals surface area contributed by atoms with Crippen LogP contribution >= 0.6 is 0 Å². The predicted molar refractivity (Wildman–Crippen MR) is 56.9 cm³/mol. The SMILES string of the molecule is [O-][N+](=Cc1ncccn1)c1ccccc1. The number of nitrogens with zero attached hydrogens (tertiary/aromatic N) is 3. The van der Waals surface area contributed by atoms with Gasteiger partial charge in [0.05, 0.1) is 0 Å². The van der Waals surface area contributed by atoms with E-state index in [-0.39, 0.29) is 0 Å². The van der Waals surface area contributed by atoms with Gasteiger partial charge in [-0.05, 0) is 6.07 Å². The molecule has 4 nitrogen and oxygen atoms in total. The Morgan fingerprint density at radius 1 is 1.00 bits per heavy atom. The summed E-state index contributed by atoms with van der Waals surface area (Å²) < 4.78 is 0.745. The van der Waals surface area contributed by atoms with Crippen molar-refractivity contribution in [2.75, 3.05) is 0 Å². The molecule has 0 radical (unpaired) electrons. The van der Waals surface area contributed by atoms with E-state index in [1.54, 1.807) is 42.7 Å². The quantitative estimate of drug-likeness (QED) is 0.320. The molecule has 1 heterocycles. The Morgan fingerprint density at radius 2 is 1.67 bits per heavy atom. The molecule has 0 saturated carbocycles. The highest BCUT2D eigenvalue weighted by Crippen LogP contribution is 2.08. The zero-order chi connectivity index (χ0) is 10.5. The average molecular weight is 199 g/mol. The molecule has 0 bridgehead atoms. The van der Waals surface area contributed by atoms with Crippen molar-refractivity contribution < 1.29 is 4.74 Å². The Kier molecular flexibility index (Phi) is 2.69. The van der Waals surface area contributed by atoms with Crippen molar-refractivity contribution in [1.82, 2.24) is 9.97 Å². The largest absolute Gasteiger partial charge is 0.618 e. The number of benzene rings is 1. The normalized spacial score (nSPS) is 11.3. The van der Waals surface area contributed by atoms with E-state index >= 15 is 0 Å². The van der Waals surface area contributed by atoms with Crippen molar-refractivity contribution in [2.45, 2.75) is 0 Å². The van der Waals surface area contributed by atoms with Crippen molar-refractivity contribution in [3.05, 3.63) is 59.8 Å². The monoisotopic (exact) mass is 199 g/mol. The van der Waals surface area contributed by atoms with Crippen LogP contribution in [0.5, 0.6) is 0 Å². The lowest BCUT2D eigenvalue weighted by Crippen LogP contribution is -2.01. The van der Waals surface area contributed by atoms with E-state index < -0.39 is 0 Å². The van der Waals surface area contributed by atoms with Crippen LogP contribution in [0.3, 0.4) is 0 Å². The number of hydrogen-bond acceptors (Lipinski definition) is 3. The first-order chi connectivity index (χ1) is 7.36. The lowest BCUT2D eigenvalue weighted by molar-refractivity contribution is -0.354. The van der Waals surface area contributed by atoms with Gasteiger partial charge in [0.15, 0.2) is 0 Å². The molecule has 4 heteroatoms. The maximum absolute atomic E-state index is 11.6. The number of para-hydroxylation sites is 1. The second-order valence-corrected chi connectivity index (χ2v) is 2.90. The molecule has 0 aliphatic heterocycles. The average Bonchev–Trinajstić information content (AvgIpc) is 2.31. The fraction of sp³-hybridized carbons (Fsp3) is 0. The second kappa shape index (κ2) is 4.32. The van der Waals surface area contributed by atoms with Gasteiger partial charge in [-0.3, -0.25) is 0 Å². The Hall–Kier alpha value is -2.23. The lowest BCUT2D eigenvalue weighted by atomic mass is 10.3. The minimum Gasteiger partial charge on any atom is -0.618 e.